The molecule has 0 unspecified atom stereocenters. The molecular formula is C7H8BFO4. The Labute approximate surface area is 74.4 Å². The lowest BCUT2D eigenvalue weighted by Gasteiger charge is -2.05. The van der Waals surface area contributed by atoms with Crippen LogP contribution in [0.25, 0.3) is 0 Å². The third kappa shape index (κ3) is 3.02. The SMILES string of the molecule is OCc1cc(F)cc(OB(O)O)c1. The summed E-state index contributed by atoms with van der Waals surface area (Å²) in [6.07, 6.45) is 0. The van der Waals surface area contributed by atoms with Crippen molar-refractivity contribution in [3.05, 3.63) is 29.6 Å². The largest absolute Gasteiger partial charge is 0.707 e. The van der Waals surface area contributed by atoms with Crippen LogP contribution in [-0.2, 0) is 6.61 Å². The molecule has 0 saturated heterocycles. The van der Waals surface area contributed by atoms with Crippen LogP contribution in [0, 0.1) is 5.82 Å². The lowest BCUT2D eigenvalue weighted by Crippen LogP contribution is -2.20. The van der Waals surface area contributed by atoms with Crippen molar-refractivity contribution in [1.29, 1.82) is 0 Å². The van der Waals surface area contributed by atoms with E-state index in [1.54, 1.807) is 0 Å². The Morgan fingerprint density at radius 2 is 2.00 bits per heavy atom. The first-order chi connectivity index (χ1) is 6.11. The molecule has 4 nitrogen and oxygen atoms in total. The fourth-order valence-corrected chi connectivity index (χ4v) is 0.902. The number of halogens is 1. The van der Waals surface area contributed by atoms with Crippen molar-refractivity contribution in [1.82, 2.24) is 0 Å². The summed E-state index contributed by atoms with van der Waals surface area (Å²) >= 11 is 0. The molecule has 0 aliphatic carbocycles. The number of hydrogen-bond donors (Lipinski definition) is 3. The zero-order valence-corrected chi connectivity index (χ0v) is 6.64. The van der Waals surface area contributed by atoms with E-state index in [1.165, 1.54) is 6.07 Å². The van der Waals surface area contributed by atoms with Gasteiger partial charge in [-0.2, -0.15) is 0 Å². The standard InChI is InChI=1S/C7H8BFO4/c9-6-1-5(4-10)2-7(3-6)13-8(11)12/h1-3,10-12H,4H2. The van der Waals surface area contributed by atoms with Crippen molar-refractivity contribution in [3.63, 3.8) is 0 Å². The second-order valence-corrected chi connectivity index (χ2v) is 2.40. The Morgan fingerprint density at radius 3 is 2.54 bits per heavy atom. The van der Waals surface area contributed by atoms with Crippen LogP contribution in [0.1, 0.15) is 5.56 Å². The van der Waals surface area contributed by atoms with Gasteiger partial charge in [0.1, 0.15) is 11.6 Å². The second kappa shape index (κ2) is 4.22. The lowest BCUT2D eigenvalue weighted by atomic mass is 10.2. The summed E-state index contributed by atoms with van der Waals surface area (Å²) in [4.78, 5) is 0. The van der Waals surface area contributed by atoms with Crippen molar-refractivity contribution in [2.45, 2.75) is 6.61 Å². The molecule has 0 heterocycles. The molecule has 6 heteroatoms. The highest BCUT2D eigenvalue weighted by Gasteiger charge is 2.12. The Morgan fingerprint density at radius 1 is 1.31 bits per heavy atom. The van der Waals surface area contributed by atoms with Crippen molar-refractivity contribution in [2.75, 3.05) is 0 Å². The molecule has 0 aliphatic rings. The van der Waals surface area contributed by atoms with E-state index in [-0.39, 0.29) is 12.4 Å². The summed E-state index contributed by atoms with van der Waals surface area (Å²) in [6, 6.07) is 3.41. The fourth-order valence-electron chi connectivity index (χ4n) is 0.902. The maximum absolute atomic E-state index is 12.7. The van der Waals surface area contributed by atoms with Crippen molar-refractivity contribution in [3.8, 4) is 5.75 Å². The summed E-state index contributed by atoms with van der Waals surface area (Å²) in [6.45, 7) is -0.338. The topological polar surface area (TPSA) is 69.9 Å². The highest BCUT2D eigenvalue weighted by atomic mass is 19.1. The monoisotopic (exact) mass is 186 g/mol. The summed E-state index contributed by atoms with van der Waals surface area (Å²) in [7, 11) is -1.99. The quantitative estimate of drug-likeness (QED) is 0.565. The minimum atomic E-state index is -1.99. The van der Waals surface area contributed by atoms with Gasteiger partial charge < -0.3 is 19.8 Å². The minimum absolute atomic E-state index is 0.0425. The van der Waals surface area contributed by atoms with Gasteiger partial charge in [0, 0.05) is 6.07 Å². The highest BCUT2D eigenvalue weighted by Crippen LogP contribution is 2.16. The number of rotatable bonds is 3. The third-order valence-corrected chi connectivity index (χ3v) is 1.36. The molecule has 0 radical (unpaired) electrons. The van der Waals surface area contributed by atoms with E-state index in [1.807, 2.05) is 0 Å². The van der Waals surface area contributed by atoms with Gasteiger partial charge in [-0.3, -0.25) is 0 Å². The van der Waals surface area contributed by atoms with E-state index in [2.05, 4.69) is 4.65 Å². The van der Waals surface area contributed by atoms with Crippen molar-refractivity contribution in [2.24, 2.45) is 0 Å². The molecule has 0 atom stereocenters. The van der Waals surface area contributed by atoms with Crippen molar-refractivity contribution < 1.29 is 24.2 Å². The number of hydrogen-bond acceptors (Lipinski definition) is 4. The van der Waals surface area contributed by atoms with Gasteiger partial charge in [0.05, 0.1) is 6.61 Å². The highest BCUT2D eigenvalue weighted by molar-refractivity contribution is 6.33. The minimum Gasteiger partial charge on any atom is -0.512 e. The van der Waals surface area contributed by atoms with Gasteiger partial charge in [-0.15, -0.1) is 0 Å². The Bertz CT molecular complexity index is 292. The van der Waals surface area contributed by atoms with Gasteiger partial charge in [0.15, 0.2) is 0 Å². The average Bonchev–Trinajstić information content (AvgIpc) is 2.01. The number of aliphatic hydroxyl groups is 1. The summed E-state index contributed by atoms with van der Waals surface area (Å²) in [5.74, 6) is -0.652. The molecule has 0 aliphatic heterocycles. The number of aliphatic hydroxyl groups excluding tert-OH is 1. The fraction of sp³-hybridized carbons (Fsp3) is 0.143. The molecule has 3 N–H and O–H groups in total. The zero-order chi connectivity index (χ0) is 9.84. The molecule has 70 valence electrons. The van der Waals surface area contributed by atoms with Crippen molar-refractivity contribution >= 4 is 7.32 Å². The smallest absolute Gasteiger partial charge is 0.512 e. The van der Waals surface area contributed by atoms with Crippen LogP contribution >= 0.6 is 0 Å². The van der Waals surface area contributed by atoms with Crippen LogP contribution in [0.2, 0.25) is 0 Å². The van der Waals surface area contributed by atoms with Gasteiger partial charge in [-0.1, -0.05) is 0 Å². The first kappa shape index (κ1) is 9.98. The van der Waals surface area contributed by atoms with Crippen LogP contribution in [0.5, 0.6) is 5.75 Å². The maximum Gasteiger partial charge on any atom is 0.707 e. The summed E-state index contributed by atoms with van der Waals surface area (Å²) < 4.78 is 17.1. The average molecular weight is 186 g/mol. The van der Waals surface area contributed by atoms with Gasteiger partial charge in [-0.05, 0) is 17.7 Å². The molecular weight excluding hydrogens is 178 g/mol. The summed E-state index contributed by atoms with van der Waals surface area (Å²) in [5.41, 5.74) is 0.302. The van der Waals surface area contributed by atoms with Gasteiger partial charge in [-0.25, -0.2) is 4.39 Å². The molecule has 1 aromatic rings. The second-order valence-electron chi connectivity index (χ2n) is 2.40. The van der Waals surface area contributed by atoms with Crippen LogP contribution in [0.15, 0.2) is 18.2 Å². The molecule has 0 saturated carbocycles. The molecule has 1 aromatic carbocycles. The molecule has 1 rings (SSSR count). The van der Waals surface area contributed by atoms with E-state index in [4.69, 9.17) is 15.2 Å². The molecule has 0 spiro atoms. The van der Waals surface area contributed by atoms with Crippen LogP contribution < -0.4 is 4.65 Å². The maximum atomic E-state index is 12.7. The molecule has 0 fully saturated rings. The van der Waals surface area contributed by atoms with Crippen LogP contribution in [-0.4, -0.2) is 22.5 Å². The molecule has 13 heavy (non-hydrogen) atoms. The van der Waals surface area contributed by atoms with Crippen LogP contribution in [0.4, 0.5) is 4.39 Å². The predicted octanol–water partition coefficient (Wildman–Crippen LogP) is -0.334. The first-order valence-electron chi connectivity index (χ1n) is 3.55. The Balaban J connectivity index is 2.88. The molecule has 0 aromatic heterocycles. The summed E-state index contributed by atoms with van der Waals surface area (Å²) in [5, 5.41) is 25.5. The third-order valence-electron chi connectivity index (χ3n) is 1.36. The zero-order valence-electron chi connectivity index (χ0n) is 6.64. The normalized spacial score (nSPS) is 9.85. The lowest BCUT2D eigenvalue weighted by molar-refractivity contribution is 0.276. The van der Waals surface area contributed by atoms with Gasteiger partial charge in [0.25, 0.3) is 0 Å². The number of benzene rings is 1. The van der Waals surface area contributed by atoms with E-state index in [0.717, 1.165) is 12.1 Å². The molecule has 0 bridgehead atoms. The van der Waals surface area contributed by atoms with E-state index in [9.17, 15) is 4.39 Å². The Hall–Kier alpha value is -1.11. The predicted molar refractivity (Wildman–Crippen MR) is 43.1 cm³/mol. The molecule has 0 amide bonds. The van der Waals surface area contributed by atoms with Crippen LogP contribution in [0.3, 0.4) is 0 Å². The Kier molecular flexibility index (Phi) is 3.24. The van der Waals surface area contributed by atoms with E-state index in [0.29, 0.717) is 5.56 Å². The van der Waals surface area contributed by atoms with Gasteiger partial charge >= 0.3 is 7.32 Å². The van der Waals surface area contributed by atoms with Gasteiger partial charge in [0.2, 0.25) is 0 Å². The van der Waals surface area contributed by atoms with E-state index < -0.39 is 13.1 Å². The van der Waals surface area contributed by atoms with E-state index >= 15 is 0 Å². The first-order valence-corrected chi connectivity index (χ1v) is 3.55.